The molecule has 19 heavy (non-hydrogen) atoms. The lowest BCUT2D eigenvalue weighted by molar-refractivity contribution is 0.134. The van der Waals surface area contributed by atoms with E-state index < -0.39 is 0 Å². The van der Waals surface area contributed by atoms with Gasteiger partial charge < -0.3 is 4.74 Å². The molecule has 98 valence electrons. The molecule has 1 nitrogen and oxygen atoms in total. The Morgan fingerprint density at radius 3 is 2.58 bits per heavy atom. The molecule has 0 N–H and O–H groups in total. The van der Waals surface area contributed by atoms with Gasteiger partial charge in [0.25, 0.3) is 0 Å². The van der Waals surface area contributed by atoms with Crippen molar-refractivity contribution in [2.24, 2.45) is 0 Å². The fourth-order valence-electron chi connectivity index (χ4n) is 2.37. The molecule has 0 bridgehead atoms. The Labute approximate surface area is 115 Å². The Morgan fingerprint density at radius 1 is 1.11 bits per heavy atom. The number of rotatable bonds is 4. The van der Waals surface area contributed by atoms with Crippen LogP contribution in [0.3, 0.4) is 0 Å². The Balaban J connectivity index is 2.52. The number of methoxy groups -OCH3 is 1. The van der Waals surface area contributed by atoms with Gasteiger partial charge in [-0.1, -0.05) is 60.7 Å². The van der Waals surface area contributed by atoms with E-state index in [1.54, 1.807) is 7.11 Å². The Kier molecular flexibility index (Phi) is 4.53. The number of benzene rings is 2. The first kappa shape index (κ1) is 13.6. The molecule has 0 heterocycles. The van der Waals surface area contributed by atoms with Crippen molar-refractivity contribution in [2.45, 2.75) is 20.0 Å². The zero-order valence-electron chi connectivity index (χ0n) is 11.8. The van der Waals surface area contributed by atoms with Gasteiger partial charge in [0, 0.05) is 7.11 Å². The molecule has 0 aliphatic carbocycles. The van der Waals surface area contributed by atoms with Crippen molar-refractivity contribution in [3.05, 3.63) is 71.8 Å². The molecule has 0 saturated heterocycles. The summed E-state index contributed by atoms with van der Waals surface area (Å²) in [6.45, 7) is 4.12. The summed E-state index contributed by atoms with van der Waals surface area (Å²) in [5.41, 5.74) is 2.43. The topological polar surface area (TPSA) is 9.23 Å². The van der Waals surface area contributed by atoms with E-state index in [1.165, 1.54) is 21.9 Å². The van der Waals surface area contributed by atoms with Gasteiger partial charge in [-0.05, 0) is 35.8 Å². The summed E-state index contributed by atoms with van der Waals surface area (Å²) < 4.78 is 5.70. The number of ether oxygens (including phenoxy) is 1. The molecule has 2 aromatic carbocycles. The van der Waals surface area contributed by atoms with Crippen LogP contribution in [0.15, 0.2) is 66.3 Å². The van der Waals surface area contributed by atoms with Crippen LogP contribution < -0.4 is 0 Å². The van der Waals surface area contributed by atoms with Crippen molar-refractivity contribution in [2.75, 3.05) is 7.11 Å². The lowest BCUT2D eigenvalue weighted by Gasteiger charge is -2.18. The van der Waals surface area contributed by atoms with Crippen molar-refractivity contribution >= 4 is 10.8 Å². The molecule has 2 aromatic rings. The second kappa shape index (κ2) is 6.35. The van der Waals surface area contributed by atoms with Gasteiger partial charge >= 0.3 is 0 Å². The number of hydrogen-bond donors (Lipinski definition) is 0. The average Bonchev–Trinajstić information content (AvgIpc) is 2.46. The fraction of sp³-hybridized carbons (Fsp3) is 0.222. The van der Waals surface area contributed by atoms with Gasteiger partial charge in [0.05, 0.1) is 0 Å². The second-order valence-corrected chi connectivity index (χ2v) is 4.62. The van der Waals surface area contributed by atoms with E-state index in [9.17, 15) is 0 Å². The SMILES string of the molecule is C/C=C\C=C(/C)C(OC)c1cccc2ccccc12. The van der Waals surface area contributed by atoms with Crippen LogP contribution in [0.25, 0.3) is 10.8 Å². The smallest absolute Gasteiger partial charge is 0.104 e. The Morgan fingerprint density at radius 2 is 1.84 bits per heavy atom. The first-order valence-corrected chi connectivity index (χ1v) is 6.58. The molecule has 0 fully saturated rings. The summed E-state index contributed by atoms with van der Waals surface area (Å²) in [5.74, 6) is 0. The van der Waals surface area contributed by atoms with Gasteiger partial charge in [-0.3, -0.25) is 0 Å². The molecule has 0 aromatic heterocycles. The van der Waals surface area contributed by atoms with E-state index in [0.29, 0.717) is 0 Å². The number of hydrogen-bond acceptors (Lipinski definition) is 1. The van der Waals surface area contributed by atoms with Gasteiger partial charge in [-0.2, -0.15) is 0 Å². The zero-order chi connectivity index (χ0) is 13.7. The lowest BCUT2D eigenvalue weighted by atomic mass is 9.96. The number of fused-ring (bicyclic) bond motifs is 1. The summed E-state index contributed by atoms with van der Waals surface area (Å²) in [4.78, 5) is 0. The van der Waals surface area contributed by atoms with Crippen molar-refractivity contribution in [3.8, 4) is 0 Å². The molecule has 0 spiro atoms. The quantitative estimate of drug-likeness (QED) is 0.692. The molecule has 0 aliphatic heterocycles. The molecule has 1 atom stereocenters. The van der Waals surface area contributed by atoms with Crippen LogP contribution in [0, 0.1) is 0 Å². The highest BCUT2D eigenvalue weighted by molar-refractivity contribution is 5.86. The standard InChI is InChI=1S/C18H20O/c1-4-5-9-14(2)18(19-3)17-13-8-11-15-10-6-7-12-16(15)17/h4-13,18H,1-3H3/b5-4-,14-9+. The highest BCUT2D eigenvalue weighted by atomic mass is 16.5. The molecule has 0 aliphatic rings. The molecule has 0 radical (unpaired) electrons. The monoisotopic (exact) mass is 252 g/mol. The summed E-state index contributed by atoms with van der Waals surface area (Å²) >= 11 is 0. The number of allylic oxidation sites excluding steroid dienone is 3. The van der Waals surface area contributed by atoms with Gasteiger partial charge in [-0.25, -0.2) is 0 Å². The molecule has 2 rings (SSSR count). The largest absolute Gasteiger partial charge is 0.372 e. The highest BCUT2D eigenvalue weighted by Crippen LogP contribution is 2.31. The van der Waals surface area contributed by atoms with Crippen molar-refractivity contribution in [1.29, 1.82) is 0 Å². The van der Waals surface area contributed by atoms with Crippen LogP contribution in [0.1, 0.15) is 25.5 Å². The normalized spacial score (nSPS) is 14.2. The van der Waals surface area contributed by atoms with Gasteiger partial charge in [0.15, 0.2) is 0 Å². The van der Waals surface area contributed by atoms with Crippen LogP contribution in [-0.2, 0) is 4.74 Å². The second-order valence-electron chi connectivity index (χ2n) is 4.62. The molecule has 1 heteroatoms. The van der Waals surface area contributed by atoms with E-state index in [0.717, 1.165) is 0 Å². The van der Waals surface area contributed by atoms with Gasteiger partial charge in [0.2, 0.25) is 0 Å². The van der Waals surface area contributed by atoms with E-state index in [1.807, 2.05) is 19.1 Å². The fourth-order valence-corrected chi connectivity index (χ4v) is 2.37. The van der Waals surface area contributed by atoms with Gasteiger partial charge in [-0.15, -0.1) is 0 Å². The van der Waals surface area contributed by atoms with E-state index >= 15 is 0 Å². The third-order valence-electron chi connectivity index (χ3n) is 3.31. The average molecular weight is 252 g/mol. The maximum atomic E-state index is 5.70. The van der Waals surface area contributed by atoms with E-state index in [4.69, 9.17) is 4.74 Å². The van der Waals surface area contributed by atoms with E-state index in [2.05, 4.69) is 55.5 Å². The van der Waals surface area contributed by atoms with Crippen LogP contribution in [0.5, 0.6) is 0 Å². The molecular weight excluding hydrogens is 232 g/mol. The minimum atomic E-state index is 0.00213. The minimum Gasteiger partial charge on any atom is -0.372 e. The lowest BCUT2D eigenvalue weighted by Crippen LogP contribution is -2.03. The van der Waals surface area contributed by atoms with Crippen LogP contribution in [0.4, 0.5) is 0 Å². The van der Waals surface area contributed by atoms with Gasteiger partial charge in [0.1, 0.15) is 6.10 Å². The first-order chi connectivity index (χ1) is 9.27. The van der Waals surface area contributed by atoms with Crippen molar-refractivity contribution in [3.63, 3.8) is 0 Å². The van der Waals surface area contributed by atoms with Crippen molar-refractivity contribution in [1.82, 2.24) is 0 Å². The van der Waals surface area contributed by atoms with Crippen LogP contribution >= 0.6 is 0 Å². The summed E-state index contributed by atoms with van der Waals surface area (Å²) in [6.07, 6.45) is 6.18. The third kappa shape index (κ3) is 2.94. The zero-order valence-corrected chi connectivity index (χ0v) is 11.8. The first-order valence-electron chi connectivity index (χ1n) is 6.58. The molecular formula is C18H20O. The van der Waals surface area contributed by atoms with Crippen molar-refractivity contribution < 1.29 is 4.74 Å². The summed E-state index contributed by atoms with van der Waals surface area (Å²) in [6, 6.07) is 14.8. The molecule has 0 amide bonds. The molecule has 0 saturated carbocycles. The highest BCUT2D eigenvalue weighted by Gasteiger charge is 2.14. The predicted octanol–water partition coefficient (Wildman–Crippen LogP) is 5.05. The Bertz CT molecular complexity index is 603. The van der Waals surface area contributed by atoms with Crippen LogP contribution in [-0.4, -0.2) is 7.11 Å². The minimum absolute atomic E-state index is 0.00213. The summed E-state index contributed by atoms with van der Waals surface area (Å²) in [5, 5.41) is 2.51. The van der Waals surface area contributed by atoms with E-state index in [-0.39, 0.29) is 6.10 Å². The predicted molar refractivity (Wildman–Crippen MR) is 82.3 cm³/mol. The van der Waals surface area contributed by atoms with Crippen LogP contribution in [0.2, 0.25) is 0 Å². The maximum absolute atomic E-state index is 5.70. The molecule has 1 unspecified atom stereocenters. The third-order valence-corrected chi connectivity index (χ3v) is 3.31. The summed E-state index contributed by atoms with van der Waals surface area (Å²) in [7, 11) is 1.76. The maximum Gasteiger partial charge on any atom is 0.104 e. The Hall–Kier alpha value is -1.86.